The van der Waals surface area contributed by atoms with Crippen molar-refractivity contribution in [1.82, 2.24) is 14.6 Å². The van der Waals surface area contributed by atoms with Crippen molar-refractivity contribution in [1.29, 1.82) is 0 Å². The zero-order valence-corrected chi connectivity index (χ0v) is 17.4. The number of hydrogen-bond donors (Lipinski definition) is 2. The van der Waals surface area contributed by atoms with Crippen LogP contribution in [0.2, 0.25) is 5.02 Å². The maximum atomic E-state index is 12.6. The van der Waals surface area contributed by atoms with Crippen LogP contribution in [0.25, 0.3) is 5.69 Å². The van der Waals surface area contributed by atoms with Crippen molar-refractivity contribution in [2.45, 2.75) is 25.8 Å². The van der Waals surface area contributed by atoms with Gasteiger partial charge in [-0.15, -0.1) is 11.3 Å². The molecule has 0 saturated carbocycles. The number of hydrogen-bond acceptors (Lipinski definition) is 6. The summed E-state index contributed by atoms with van der Waals surface area (Å²) in [6.45, 7) is 1.73. The number of H-pyrrole nitrogens is 1. The zero-order chi connectivity index (χ0) is 21.4. The molecule has 8 nitrogen and oxygen atoms in total. The third-order valence-electron chi connectivity index (χ3n) is 4.80. The Morgan fingerprint density at radius 1 is 1.30 bits per heavy atom. The lowest BCUT2D eigenvalue weighted by molar-refractivity contribution is -0.132. The van der Waals surface area contributed by atoms with E-state index in [-0.39, 0.29) is 36.1 Å². The molecule has 10 heteroatoms. The summed E-state index contributed by atoms with van der Waals surface area (Å²) >= 11 is 7.38. The SMILES string of the molecule is CCC(=O)N1N=C(c2c(O)n(-c3ccc(Cl)cc3)c(=O)[nH]c2=O)CC1c1cccs1. The van der Waals surface area contributed by atoms with Crippen LogP contribution in [0.15, 0.2) is 56.5 Å². The standard InChI is InChI=1S/C20H17ClN4O4S/c1-2-16(26)25-14(15-4-3-9-30-15)10-13(23-25)17-18(27)22-20(29)24(19(17)28)12-7-5-11(21)6-8-12/h3-9,14,28H,2,10H2,1H3,(H,22,27,29). The van der Waals surface area contributed by atoms with Gasteiger partial charge >= 0.3 is 5.69 Å². The van der Waals surface area contributed by atoms with E-state index < -0.39 is 17.1 Å². The highest BCUT2D eigenvalue weighted by Crippen LogP contribution is 2.36. The molecule has 2 N–H and O–H groups in total. The molecule has 0 fully saturated rings. The lowest BCUT2D eigenvalue weighted by Crippen LogP contribution is -2.33. The van der Waals surface area contributed by atoms with Crippen molar-refractivity contribution >= 4 is 34.6 Å². The number of carbonyl (C=O) groups is 1. The van der Waals surface area contributed by atoms with Crippen LogP contribution in [0.4, 0.5) is 0 Å². The van der Waals surface area contributed by atoms with Crippen molar-refractivity contribution in [3.05, 3.63) is 78.1 Å². The molecule has 1 aliphatic rings. The number of amides is 1. The molecule has 3 aromatic rings. The van der Waals surface area contributed by atoms with Crippen LogP contribution < -0.4 is 11.2 Å². The average Bonchev–Trinajstić information content (AvgIpc) is 3.38. The molecule has 1 amide bonds. The molecule has 1 atom stereocenters. The highest BCUT2D eigenvalue weighted by Gasteiger charge is 2.35. The van der Waals surface area contributed by atoms with Crippen molar-refractivity contribution < 1.29 is 9.90 Å². The molecule has 0 bridgehead atoms. The van der Waals surface area contributed by atoms with Crippen molar-refractivity contribution in [3.63, 3.8) is 0 Å². The Kier molecular flexibility index (Phi) is 5.31. The van der Waals surface area contributed by atoms with Gasteiger partial charge in [0, 0.05) is 22.7 Å². The summed E-state index contributed by atoms with van der Waals surface area (Å²) in [4.78, 5) is 40.6. The summed E-state index contributed by atoms with van der Waals surface area (Å²) < 4.78 is 0.972. The molecular formula is C20H17ClN4O4S. The number of halogens is 1. The molecule has 0 spiro atoms. The van der Waals surface area contributed by atoms with Crippen LogP contribution in [0, 0.1) is 0 Å². The van der Waals surface area contributed by atoms with Gasteiger partial charge in [-0.05, 0) is 35.7 Å². The number of hydrazone groups is 1. The summed E-state index contributed by atoms with van der Waals surface area (Å²) in [6, 6.07) is 9.61. The van der Waals surface area contributed by atoms with Crippen molar-refractivity contribution in [2.75, 3.05) is 0 Å². The maximum Gasteiger partial charge on any atom is 0.335 e. The third-order valence-corrected chi connectivity index (χ3v) is 6.02. The van der Waals surface area contributed by atoms with Gasteiger partial charge in [0.15, 0.2) is 0 Å². The number of aromatic hydroxyl groups is 1. The van der Waals surface area contributed by atoms with E-state index in [1.54, 1.807) is 31.2 Å². The number of thiophene rings is 1. The predicted octanol–water partition coefficient (Wildman–Crippen LogP) is 3.03. The van der Waals surface area contributed by atoms with E-state index in [1.807, 2.05) is 17.5 Å². The van der Waals surface area contributed by atoms with Gasteiger partial charge in [0.25, 0.3) is 5.56 Å². The second kappa shape index (κ2) is 7.92. The van der Waals surface area contributed by atoms with Gasteiger partial charge in [0.2, 0.25) is 11.8 Å². The first-order valence-electron chi connectivity index (χ1n) is 9.18. The van der Waals surface area contributed by atoms with Gasteiger partial charge in [0.05, 0.1) is 17.4 Å². The first-order valence-corrected chi connectivity index (χ1v) is 10.4. The van der Waals surface area contributed by atoms with Crippen molar-refractivity contribution in [3.8, 4) is 11.6 Å². The third kappa shape index (κ3) is 3.46. The largest absolute Gasteiger partial charge is 0.493 e. The highest BCUT2D eigenvalue weighted by molar-refractivity contribution is 7.10. The molecule has 2 aromatic heterocycles. The Morgan fingerprint density at radius 2 is 2.03 bits per heavy atom. The van der Waals surface area contributed by atoms with Crippen LogP contribution >= 0.6 is 22.9 Å². The van der Waals surface area contributed by atoms with E-state index in [9.17, 15) is 19.5 Å². The number of rotatable bonds is 4. The Labute approximate surface area is 179 Å². The molecule has 1 aliphatic heterocycles. The maximum absolute atomic E-state index is 12.6. The monoisotopic (exact) mass is 444 g/mol. The van der Waals surface area contributed by atoms with Gasteiger partial charge in [-0.2, -0.15) is 5.10 Å². The number of benzene rings is 1. The summed E-state index contributed by atoms with van der Waals surface area (Å²) in [5.74, 6) is -0.745. The summed E-state index contributed by atoms with van der Waals surface area (Å²) in [6.07, 6.45) is 0.479. The normalized spacial score (nSPS) is 16.0. The Hall–Kier alpha value is -3.17. The molecule has 3 heterocycles. The van der Waals surface area contributed by atoms with Crippen LogP contribution in [0.5, 0.6) is 5.88 Å². The summed E-state index contributed by atoms with van der Waals surface area (Å²) in [5.41, 5.74) is -1.14. The van der Waals surface area contributed by atoms with Gasteiger partial charge < -0.3 is 5.11 Å². The highest BCUT2D eigenvalue weighted by atomic mass is 35.5. The quantitative estimate of drug-likeness (QED) is 0.644. The summed E-state index contributed by atoms with van der Waals surface area (Å²) in [7, 11) is 0. The Balaban J connectivity index is 1.85. The smallest absolute Gasteiger partial charge is 0.335 e. The number of aromatic amines is 1. The minimum Gasteiger partial charge on any atom is -0.493 e. The molecular weight excluding hydrogens is 428 g/mol. The van der Waals surface area contributed by atoms with Crippen LogP contribution in [-0.4, -0.2) is 31.3 Å². The molecule has 0 saturated heterocycles. The minimum absolute atomic E-state index is 0.141. The van der Waals surface area contributed by atoms with Crippen LogP contribution in [-0.2, 0) is 4.79 Å². The van der Waals surface area contributed by atoms with E-state index in [2.05, 4.69) is 10.1 Å². The van der Waals surface area contributed by atoms with Gasteiger partial charge in [-0.25, -0.2) is 14.4 Å². The van der Waals surface area contributed by atoms with E-state index in [1.165, 1.54) is 16.3 Å². The van der Waals surface area contributed by atoms with E-state index in [0.29, 0.717) is 10.7 Å². The second-order valence-corrected chi connectivity index (χ2v) is 8.06. The lowest BCUT2D eigenvalue weighted by atomic mass is 10.0. The fourth-order valence-corrected chi connectivity index (χ4v) is 4.31. The van der Waals surface area contributed by atoms with Crippen LogP contribution in [0.3, 0.4) is 0 Å². The van der Waals surface area contributed by atoms with E-state index >= 15 is 0 Å². The molecule has 4 rings (SSSR count). The number of nitrogens with zero attached hydrogens (tertiary/aromatic N) is 3. The van der Waals surface area contributed by atoms with Gasteiger partial charge in [-0.3, -0.25) is 14.6 Å². The van der Waals surface area contributed by atoms with Crippen LogP contribution in [0.1, 0.15) is 36.2 Å². The fourth-order valence-electron chi connectivity index (χ4n) is 3.37. The molecule has 1 aromatic carbocycles. The number of carbonyl (C=O) groups excluding carboxylic acids is 1. The number of aromatic nitrogens is 2. The molecule has 0 aliphatic carbocycles. The molecule has 30 heavy (non-hydrogen) atoms. The molecule has 1 unspecified atom stereocenters. The van der Waals surface area contributed by atoms with E-state index in [0.717, 1.165) is 9.44 Å². The Bertz CT molecular complexity index is 1250. The molecule has 0 radical (unpaired) electrons. The first kappa shape index (κ1) is 20.1. The van der Waals surface area contributed by atoms with Gasteiger partial charge in [-0.1, -0.05) is 24.6 Å². The zero-order valence-electron chi connectivity index (χ0n) is 15.8. The van der Waals surface area contributed by atoms with E-state index in [4.69, 9.17) is 11.6 Å². The average molecular weight is 445 g/mol. The predicted molar refractivity (Wildman–Crippen MR) is 115 cm³/mol. The summed E-state index contributed by atoms with van der Waals surface area (Å²) in [5, 5.41) is 18.9. The van der Waals surface area contributed by atoms with Crippen molar-refractivity contribution in [2.24, 2.45) is 5.10 Å². The second-order valence-electron chi connectivity index (χ2n) is 6.64. The topological polar surface area (TPSA) is 108 Å². The molecule has 154 valence electrons. The Morgan fingerprint density at radius 3 is 2.67 bits per heavy atom. The van der Waals surface area contributed by atoms with Gasteiger partial charge in [0.1, 0.15) is 5.56 Å². The fraction of sp³-hybridized carbons (Fsp3) is 0.200. The minimum atomic E-state index is -0.793. The lowest BCUT2D eigenvalue weighted by Gasteiger charge is -2.19. The first-order chi connectivity index (χ1) is 14.4. The number of nitrogens with one attached hydrogen (secondary N) is 1.